The van der Waals surface area contributed by atoms with Crippen LogP contribution in [0.25, 0.3) is 11.0 Å². The number of carbonyl (C=O) groups is 2. The van der Waals surface area contributed by atoms with E-state index < -0.39 is 5.97 Å². The maximum atomic E-state index is 11.6. The summed E-state index contributed by atoms with van der Waals surface area (Å²) in [5, 5.41) is 12.4. The predicted octanol–water partition coefficient (Wildman–Crippen LogP) is 2.74. The minimum atomic E-state index is -0.819. The van der Waals surface area contributed by atoms with Gasteiger partial charge < -0.3 is 14.8 Å². The lowest BCUT2D eigenvalue weighted by Gasteiger charge is -2.03. The van der Waals surface area contributed by atoms with Crippen molar-refractivity contribution >= 4 is 22.8 Å². The molecule has 0 aliphatic carbocycles. The second-order valence-corrected chi connectivity index (χ2v) is 4.95. The van der Waals surface area contributed by atoms with Crippen LogP contribution < -0.4 is 5.32 Å². The van der Waals surface area contributed by atoms with Crippen LogP contribution in [-0.2, 0) is 16.0 Å². The minimum absolute atomic E-state index is 0.0449. The molecular formula is C16H19NO4. The Hall–Kier alpha value is -2.30. The fourth-order valence-electron chi connectivity index (χ4n) is 2.14. The standard InChI is InChI=1S/C16H19NO4/c18-15(7-3-4-8-16(19)20)17-10-9-13-11-12-5-1-2-6-14(12)21-13/h1-2,5-6,11H,3-4,7-10H2,(H,17,18)(H,19,20). The molecule has 2 N–H and O–H groups in total. The van der Waals surface area contributed by atoms with E-state index in [1.807, 2.05) is 30.3 Å². The number of benzene rings is 1. The molecule has 0 unspecified atom stereocenters. The number of aliphatic carboxylic acids is 1. The minimum Gasteiger partial charge on any atom is -0.481 e. The number of carboxylic acid groups (broad SMARTS) is 1. The highest BCUT2D eigenvalue weighted by Crippen LogP contribution is 2.18. The van der Waals surface area contributed by atoms with Gasteiger partial charge in [-0.1, -0.05) is 18.2 Å². The molecule has 5 nitrogen and oxygen atoms in total. The van der Waals surface area contributed by atoms with Crippen molar-refractivity contribution in [2.24, 2.45) is 0 Å². The summed E-state index contributed by atoms with van der Waals surface area (Å²) in [6, 6.07) is 9.77. The Morgan fingerprint density at radius 2 is 1.90 bits per heavy atom. The summed E-state index contributed by atoms with van der Waals surface area (Å²) in [5.74, 6) is -0.0147. The van der Waals surface area contributed by atoms with Gasteiger partial charge >= 0.3 is 5.97 Å². The monoisotopic (exact) mass is 289 g/mol. The summed E-state index contributed by atoms with van der Waals surface area (Å²) in [7, 11) is 0. The molecule has 0 spiro atoms. The largest absolute Gasteiger partial charge is 0.481 e. The van der Waals surface area contributed by atoms with Crippen LogP contribution in [0.4, 0.5) is 0 Å². The molecule has 1 heterocycles. The van der Waals surface area contributed by atoms with Crippen molar-refractivity contribution in [3.05, 3.63) is 36.1 Å². The van der Waals surface area contributed by atoms with Crippen LogP contribution >= 0.6 is 0 Å². The fraction of sp³-hybridized carbons (Fsp3) is 0.375. The van der Waals surface area contributed by atoms with Crippen LogP contribution in [0.2, 0.25) is 0 Å². The van der Waals surface area contributed by atoms with Crippen molar-refractivity contribution in [2.45, 2.75) is 32.1 Å². The molecular weight excluding hydrogens is 270 g/mol. The van der Waals surface area contributed by atoms with Gasteiger partial charge in [-0.25, -0.2) is 0 Å². The number of rotatable bonds is 8. The van der Waals surface area contributed by atoms with Gasteiger partial charge in [-0.15, -0.1) is 0 Å². The number of carboxylic acids is 1. The predicted molar refractivity (Wildman–Crippen MR) is 79.0 cm³/mol. The van der Waals surface area contributed by atoms with E-state index in [-0.39, 0.29) is 12.3 Å². The van der Waals surface area contributed by atoms with Gasteiger partial charge in [-0.05, 0) is 25.0 Å². The van der Waals surface area contributed by atoms with Crippen molar-refractivity contribution in [1.82, 2.24) is 5.32 Å². The highest BCUT2D eigenvalue weighted by atomic mass is 16.4. The van der Waals surface area contributed by atoms with Crippen LogP contribution in [0, 0.1) is 0 Å². The molecule has 0 saturated heterocycles. The average Bonchev–Trinajstić information content (AvgIpc) is 2.86. The second-order valence-electron chi connectivity index (χ2n) is 4.95. The van der Waals surface area contributed by atoms with Crippen molar-refractivity contribution < 1.29 is 19.1 Å². The number of carbonyl (C=O) groups excluding carboxylic acids is 1. The number of hydrogen-bond acceptors (Lipinski definition) is 3. The van der Waals surface area contributed by atoms with E-state index in [0.29, 0.717) is 32.2 Å². The van der Waals surface area contributed by atoms with Gasteiger partial charge in [-0.3, -0.25) is 9.59 Å². The first-order valence-corrected chi connectivity index (χ1v) is 7.11. The van der Waals surface area contributed by atoms with Gasteiger partial charge in [0.2, 0.25) is 5.91 Å². The zero-order chi connectivity index (χ0) is 15.1. The molecule has 5 heteroatoms. The normalized spacial score (nSPS) is 10.7. The quantitative estimate of drug-likeness (QED) is 0.732. The van der Waals surface area contributed by atoms with E-state index in [9.17, 15) is 9.59 Å². The Kier molecular flexibility index (Phi) is 5.37. The molecule has 0 bridgehead atoms. The number of para-hydroxylation sites is 1. The van der Waals surface area contributed by atoms with E-state index in [4.69, 9.17) is 9.52 Å². The molecule has 0 saturated carbocycles. The highest BCUT2D eigenvalue weighted by molar-refractivity contribution is 5.78. The zero-order valence-electron chi connectivity index (χ0n) is 11.8. The Labute approximate surface area is 122 Å². The van der Waals surface area contributed by atoms with Crippen LogP contribution in [0.3, 0.4) is 0 Å². The zero-order valence-corrected chi connectivity index (χ0v) is 11.8. The SMILES string of the molecule is O=C(O)CCCCC(=O)NCCc1cc2ccccc2o1. The maximum Gasteiger partial charge on any atom is 0.303 e. The lowest BCUT2D eigenvalue weighted by Crippen LogP contribution is -2.25. The van der Waals surface area contributed by atoms with Crippen LogP contribution in [-0.4, -0.2) is 23.5 Å². The smallest absolute Gasteiger partial charge is 0.303 e. The number of unbranched alkanes of at least 4 members (excludes halogenated alkanes) is 1. The van der Waals surface area contributed by atoms with Crippen molar-refractivity contribution in [3.8, 4) is 0 Å². The number of furan rings is 1. The van der Waals surface area contributed by atoms with E-state index in [1.54, 1.807) is 0 Å². The van der Waals surface area contributed by atoms with Crippen molar-refractivity contribution in [2.75, 3.05) is 6.54 Å². The first-order valence-electron chi connectivity index (χ1n) is 7.11. The molecule has 2 rings (SSSR count). The van der Waals surface area contributed by atoms with Gasteiger partial charge in [0.15, 0.2) is 0 Å². The van der Waals surface area contributed by atoms with E-state index in [0.717, 1.165) is 16.7 Å². The van der Waals surface area contributed by atoms with Gasteiger partial charge in [0.05, 0.1) is 0 Å². The first-order chi connectivity index (χ1) is 10.1. The third-order valence-electron chi connectivity index (χ3n) is 3.21. The van der Waals surface area contributed by atoms with Crippen LogP contribution in [0.15, 0.2) is 34.7 Å². The number of nitrogens with one attached hydrogen (secondary N) is 1. The van der Waals surface area contributed by atoms with Crippen molar-refractivity contribution in [3.63, 3.8) is 0 Å². The Morgan fingerprint density at radius 1 is 1.14 bits per heavy atom. The molecule has 1 amide bonds. The molecule has 112 valence electrons. The van der Waals surface area contributed by atoms with E-state index in [2.05, 4.69) is 5.32 Å². The Morgan fingerprint density at radius 3 is 2.67 bits per heavy atom. The summed E-state index contributed by atoms with van der Waals surface area (Å²) < 4.78 is 5.66. The number of fused-ring (bicyclic) bond motifs is 1. The third kappa shape index (κ3) is 4.95. The summed E-state index contributed by atoms with van der Waals surface area (Å²) in [6.45, 7) is 0.525. The first kappa shape index (κ1) is 15.1. The maximum absolute atomic E-state index is 11.6. The lowest BCUT2D eigenvalue weighted by molar-refractivity contribution is -0.137. The Bertz CT molecular complexity index is 585. The summed E-state index contributed by atoms with van der Waals surface area (Å²) in [5.41, 5.74) is 0.854. The second kappa shape index (κ2) is 7.47. The molecule has 0 aliphatic rings. The summed E-state index contributed by atoms with van der Waals surface area (Å²) in [6.07, 6.45) is 2.27. The van der Waals surface area contributed by atoms with Gasteiger partial charge in [0.1, 0.15) is 11.3 Å². The lowest BCUT2D eigenvalue weighted by atomic mass is 10.2. The van der Waals surface area contributed by atoms with Crippen LogP contribution in [0.1, 0.15) is 31.4 Å². The molecule has 0 atom stereocenters. The molecule has 1 aromatic heterocycles. The molecule has 1 aromatic carbocycles. The van der Waals surface area contributed by atoms with E-state index >= 15 is 0 Å². The molecule has 2 aromatic rings. The molecule has 21 heavy (non-hydrogen) atoms. The number of hydrogen-bond donors (Lipinski definition) is 2. The molecule has 0 radical (unpaired) electrons. The van der Waals surface area contributed by atoms with Gasteiger partial charge in [0.25, 0.3) is 0 Å². The van der Waals surface area contributed by atoms with Crippen molar-refractivity contribution in [1.29, 1.82) is 0 Å². The third-order valence-corrected chi connectivity index (χ3v) is 3.21. The van der Waals surface area contributed by atoms with E-state index in [1.165, 1.54) is 0 Å². The Balaban J connectivity index is 1.66. The fourth-order valence-corrected chi connectivity index (χ4v) is 2.14. The molecule has 0 fully saturated rings. The van der Waals surface area contributed by atoms with Gasteiger partial charge in [0, 0.05) is 31.2 Å². The highest BCUT2D eigenvalue weighted by Gasteiger charge is 2.05. The summed E-state index contributed by atoms with van der Waals surface area (Å²) in [4.78, 5) is 21.9. The molecule has 0 aliphatic heterocycles. The summed E-state index contributed by atoms with van der Waals surface area (Å²) >= 11 is 0. The number of amides is 1. The average molecular weight is 289 g/mol. The van der Waals surface area contributed by atoms with Crippen LogP contribution in [0.5, 0.6) is 0 Å². The topological polar surface area (TPSA) is 79.5 Å². The van der Waals surface area contributed by atoms with Gasteiger partial charge in [-0.2, -0.15) is 0 Å².